The van der Waals surface area contributed by atoms with E-state index in [1.165, 1.54) is 17.1 Å². The van der Waals surface area contributed by atoms with Crippen LogP contribution in [-0.2, 0) is 12.2 Å². The molecule has 0 N–H and O–H groups in total. The maximum Gasteiger partial charge on any atom is 0.174 e. The first kappa shape index (κ1) is 10.7. The fourth-order valence-electron chi connectivity index (χ4n) is 2.01. The van der Waals surface area contributed by atoms with E-state index in [2.05, 4.69) is 10.1 Å². The summed E-state index contributed by atoms with van der Waals surface area (Å²) in [6.45, 7) is 0.102. The van der Waals surface area contributed by atoms with E-state index in [0.29, 0.717) is 17.0 Å². The summed E-state index contributed by atoms with van der Waals surface area (Å²) in [6, 6.07) is 8.50. The monoisotopic (exact) mass is 240 g/mol. The molecule has 0 saturated heterocycles. The number of nitriles is 1. The van der Waals surface area contributed by atoms with Gasteiger partial charge in [-0.05, 0) is 29.8 Å². The second-order valence-corrected chi connectivity index (χ2v) is 4.16. The molecule has 0 amide bonds. The van der Waals surface area contributed by atoms with Crippen LogP contribution in [0.2, 0.25) is 0 Å². The van der Waals surface area contributed by atoms with Crippen molar-refractivity contribution in [1.29, 1.82) is 5.26 Å². The van der Waals surface area contributed by atoms with Crippen molar-refractivity contribution >= 4 is 6.08 Å². The van der Waals surface area contributed by atoms with Crippen molar-refractivity contribution < 1.29 is 4.39 Å². The van der Waals surface area contributed by atoms with Crippen LogP contribution in [0.3, 0.4) is 0 Å². The molecular formula is C13H9FN4. The van der Waals surface area contributed by atoms with E-state index < -0.39 is 5.67 Å². The molecule has 1 aliphatic rings. The van der Waals surface area contributed by atoms with Crippen molar-refractivity contribution in [2.45, 2.75) is 12.2 Å². The van der Waals surface area contributed by atoms with E-state index in [4.69, 9.17) is 5.26 Å². The smallest absolute Gasteiger partial charge is 0.174 e. The highest BCUT2D eigenvalue weighted by atomic mass is 19.1. The summed E-state index contributed by atoms with van der Waals surface area (Å²) in [5.41, 5.74) is -0.572. The molecule has 2 heterocycles. The van der Waals surface area contributed by atoms with Gasteiger partial charge in [-0.1, -0.05) is 12.1 Å². The van der Waals surface area contributed by atoms with Crippen LogP contribution in [0.4, 0.5) is 4.39 Å². The van der Waals surface area contributed by atoms with Crippen LogP contribution in [-0.4, -0.2) is 14.8 Å². The summed E-state index contributed by atoms with van der Waals surface area (Å²) in [4.78, 5) is 4.00. The molecule has 0 fully saturated rings. The number of benzene rings is 1. The van der Waals surface area contributed by atoms with Gasteiger partial charge in [-0.3, -0.25) is 0 Å². The van der Waals surface area contributed by atoms with E-state index in [-0.39, 0.29) is 6.54 Å². The highest BCUT2D eigenvalue weighted by Crippen LogP contribution is 2.33. The minimum atomic E-state index is -1.60. The molecule has 1 unspecified atom stereocenters. The predicted molar refractivity (Wildman–Crippen MR) is 63.0 cm³/mol. The SMILES string of the molecule is N#Cc1ccc(C2(F)C=Cc3ncnn3C2)cc1. The molecular weight excluding hydrogens is 231 g/mol. The standard InChI is InChI=1S/C13H9FN4/c14-13(11-3-1-10(7-15)2-4-11)6-5-12-16-9-17-18(12)8-13/h1-6,9H,8H2. The Morgan fingerprint density at radius 2 is 2.11 bits per heavy atom. The number of rotatable bonds is 1. The van der Waals surface area contributed by atoms with Gasteiger partial charge >= 0.3 is 0 Å². The lowest BCUT2D eigenvalue weighted by Crippen LogP contribution is -2.28. The van der Waals surface area contributed by atoms with Crippen LogP contribution in [0.5, 0.6) is 0 Å². The summed E-state index contributed by atoms with van der Waals surface area (Å²) in [6.07, 6.45) is 4.51. The van der Waals surface area contributed by atoms with Crippen molar-refractivity contribution in [3.8, 4) is 6.07 Å². The molecule has 0 saturated carbocycles. The lowest BCUT2D eigenvalue weighted by Gasteiger charge is -2.25. The van der Waals surface area contributed by atoms with E-state index in [1.54, 1.807) is 30.3 Å². The first-order valence-electron chi connectivity index (χ1n) is 5.48. The molecule has 4 nitrogen and oxygen atoms in total. The first-order valence-corrected chi connectivity index (χ1v) is 5.48. The molecule has 1 aromatic heterocycles. The molecule has 1 aliphatic heterocycles. The second kappa shape index (κ2) is 3.77. The molecule has 2 aromatic rings. The minimum absolute atomic E-state index is 0.102. The van der Waals surface area contributed by atoms with Crippen molar-refractivity contribution in [1.82, 2.24) is 14.8 Å². The molecule has 0 spiro atoms. The molecule has 5 heteroatoms. The Bertz CT molecular complexity index is 650. The van der Waals surface area contributed by atoms with E-state index in [1.807, 2.05) is 6.07 Å². The van der Waals surface area contributed by atoms with Crippen molar-refractivity contribution in [3.63, 3.8) is 0 Å². The molecule has 0 radical (unpaired) electrons. The quantitative estimate of drug-likeness (QED) is 0.766. The molecule has 1 aromatic carbocycles. The van der Waals surface area contributed by atoms with Crippen LogP contribution >= 0.6 is 0 Å². The van der Waals surface area contributed by atoms with Crippen LogP contribution < -0.4 is 0 Å². The first-order chi connectivity index (χ1) is 8.71. The Morgan fingerprint density at radius 3 is 2.83 bits per heavy atom. The zero-order valence-corrected chi connectivity index (χ0v) is 9.42. The summed E-state index contributed by atoms with van der Waals surface area (Å²) < 4.78 is 16.4. The maximum atomic E-state index is 14.8. The van der Waals surface area contributed by atoms with Gasteiger partial charge in [-0.25, -0.2) is 14.1 Å². The van der Waals surface area contributed by atoms with Gasteiger partial charge in [0, 0.05) is 0 Å². The van der Waals surface area contributed by atoms with Crippen LogP contribution in [0.15, 0.2) is 36.7 Å². The van der Waals surface area contributed by atoms with Crippen LogP contribution in [0.25, 0.3) is 6.08 Å². The average molecular weight is 240 g/mol. The van der Waals surface area contributed by atoms with Gasteiger partial charge in [0.25, 0.3) is 0 Å². The third-order valence-electron chi connectivity index (χ3n) is 3.02. The average Bonchev–Trinajstić information content (AvgIpc) is 2.86. The normalized spacial score (nSPS) is 21.3. The summed E-state index contributed by atoms with van der Waals surface area (Å²) >= 11 is 0. The third-order valence-corrected chi connectivity index (χ3v) is 3.02. The molecule has 88 valence electrons. The summed E-state index contributed by atoms with van der Waals surface area (Å²) in [5, 5.41) is 12.7. The third kappa shape index (κ3) is 1.59. The maximum absolute atomic E-state index is 14.8. The zero-order valence-electron chi connectivity index (χ0n) is 9.42. The van der Waals surface area contributed by atoms with Gasteiger partial charge in [-0.2, -0.15) is 10.4 Å². The van der Waals surface area contributed by atoms with Crippen LogP contribution in [0.1, 0.15) is 17.0 Å². The lowest BCUT2D eigenvalue weighted by atomic mass is 9.93. The van der Waals surface area contributed by atoms with Crippen LogP contribution in [0, 0.1) is 11.3 Å². The number of alkyl halides is 1. The van der Waals surface area contributed by atoms with Gasteiger partial charge in [-0.15, -0.1) is 0 Å². The molecule has 0 aliphatic carbocycles. The summed E-state index contributed by atoms with van der Waals surface area (Å²) in [7, 11) is 0. The molecule has 18 heavy (non-hydrogen) atoms. The predicted octanol–water partition coefficient (Wildman–Crippen LogP) is 2.04. The van der Waals surface area contributed by atoms with Crippen molar-refractivity contribution in [2.24, 2.45) is 0 Å². The Labute approximate surface area is 103 Å². The number of fused-ring (bicyclic) bond motifs is 1. The largest absolute Gasteiger partial charge is 0.242 e. The van der Waals surface area contributed by atoms with Crippen molar-refractivity contribution in [3.05, 3.63) is 53.6 Å². The summed E-state index contributed by atoms with van der Waals surface area (Å²) in [5.74, 6) is 0.650. The van der Waals surface area contributed by atoms with E-state index >= 15 is 0 Å². The lowest BCUT2D eigenvalue weighted by molar-refractivity contribution is 0.188. The van der Waals surface area contributed by atoms with Gasteiger partial charge in [0.15, 0.2) is 11.5 Å². The zero-order chi connectivity index (χ0) is 12.6. The van der Waals surface area contributed by atoms with Gasteiger partial charge < -0.3 is 0 Å². The molecule has 1 atom stereocenters. The van der Waals surface area contributed by atoms with Gasteiger partial charge in [0.2, 0.25) is 0 Å². The number of allylic oxidation sites excluding steroid dienone is 1. The second-order valence-electron chi connectivity index (χ2n) is 4.16. The Kier molecular flexibility index (Phi) is 2.23. The Morgan fingerprint density at radius 1 is 1.33 bits per heavy atom. The molecule has 0 bridgehead atoms. The Hall–Kier alpha value is -2.48. The number of nitrogens with zero attached hydrogens (tertiary/aromatic N) is 4. The number of halogens is 1. The highest BCUT2D eigenvalue weighted by molar-refractivity contribution is 5.48. The number of aromatic nitrogens is 3. The number of hydrogen-bond acceptors (Lipinski definition) is 3. The van der Waals surface area contributed by atoms with Crippen molar-refractivity contribution in [2.75, 3.05) is 0 Å². The van der Waals surface area contributed by atoms with Gasteiger partial charge in [0.1, 0.15) is 6.33 Å². The fraction of sp³-hybridized carbons (Fsp3) is 0.154. The fourth-order valence-corrected chi connectivity index (χ4v) is 2.01. The molecule has 3 rings (SSSR count). The van der Waals surface area contributed by atoms with E-state index in [9.17, 15) is 4.39 Å². The topological polar surface area (TPSA) is 54.5 Å². The highest BCUT2D eigenvalue weighted by Gasteiger charge is 2.33. The Balaban J connectivity index is 1.99. The number of hydrogen-bond donors (Lipinski definition) is 0. The van der Waals surface area contributed by atoms with E-state index in [0.717, 1.165) is 0 Å². The minimum Gasteiger partial charge on any atom is -0.242 e. The van der Waals surface area contributed by atoms with Gasteiger partial charge in [0.05, 0.1) is 18.2 Å².